The number of rotatable bonds is 16. The fourth-order valence-corrected chi connectivity index (χ4v) is 15.8. The van der Waals surface area contributed by atoms with Gasteiger partial charge in [-0.2, -0.15) is 13.5 Å². The number of aryl methyl sites for hydroxylation is 3. The molecule has 532 valence electrons. The summed E-state index contributed by atoms with van der Waals surface area (Å²) in [6.07, 6.45) is 1.79. The highest BCUT2D eigenvalue weighted by Crippen LogP contribution is 2.38. The summed E-state index contributed by atoms with van der Waals surface area (Å²) in [6, 6.07) is 31.1. The monoisotopic (exact) mass is 1450 g/mol. The number of carbonyl (C=O) groups is 2. The van der Waals surface area contributed by atoms with Crippen molar-refractivity contribution in [2.24, 2.45) is 0 Å². The largest absolute Gasteiger partial charge is 0.447 e. The van der Waals surface area contributed by atoms with Crippen LogP contribution >= 0.6 is 34.0 Å². The molecule has 0 aliphatic carbocycles. The first-order valence-electron chi connectivity index (χ1n) is 34.1. The van der Waals surface area contributed by atoms with Gasteiger partial charge in [0.1, 0.15) is 48.1 Å². The minimum Gasteiger partial charge on any atom is -0.447 e. The van der Waals surface area contributed by atoms with Gasteiger partial charge in [-0.15, -0.1) is 49.3 Å². The number of cyclic esters (lactones) is 2. The molecule has 0 spiro atoms. The Morgan fingerprint density at radius 1 is 0.466 bits per heavy atom. The van der Waals surface area contributed by atoms with Crippen molar-refractivity contribution in [3.05, 3.63) is 160 Å². The van der Waals surface area contributed by atoms with Gasteiger partial charge < -0.3 is 49.3 Å². The molecule has 2 amide bonds. The van der Waals surface area contributed by atoms with Gasteiger partial charge in [0.05, 0.1) is 52.9 Å². The number of aromatic nitrogens is 12. The minimum absolute atomic E-state index is 0.0348. The smallest absolute Gasteiger partial charge is 0.410 e. The van der Waals surface area contributed by atoms with Crippen LogP contribution in [-0.2, 0) is 28.7 Å². The van der Waals surface area contributed by atoms with E-state index in [1.807, 2.05) is 102 Å². The highest BCUT2D eigenvalue weighted by Gasteiger charge is 2.40. The Morgan fingerprint density at radius 2 is 0.806 bits per heavy atom. The lowest BCUT2D eigenvalue weighted by atomic mass is 10.2. The van der Waals surface area contributed by atoms with Gasteiger partial charge in [-0.25, -0.2) is 52.7 Å². The zero-order valence-electron chi connectivity index (χ0n) is 57.3. The quantitative estimate of drug-likeness (QED) is 0.0914. The fourth-order valence-electron chi connectivity index (χ4n) is 13.4. The Balaban J connectivity index is 0.000000125. The molecule has 32 heteroatoms. The number of fused-ring (bicyclic) bond motifs is 5. The summed E-state index contributed by atoms with van der Waals surface area (Å²) in [4.78, 5) is 68.7. The second kappa shape index (κ2) is 29.1. The van der Waals surface area contributed by atoms with Crippen molar-refractivity contribution >= 4 is 113 Å². The summed E-state index contributed by atoms with van der Waals surface area (Å²) in [6.45, 7) is 13.4. The highest BCUT2D eigenvalue weighted by molar-refractivity contribution is 7.14. The zero-order chi connectivity index (χ0) is 71.2. The van der Waals surface area contributed by atoms with Crippen LogP contribution in [0.5, 0.6) is 0 Å². The summed E-state index contributed by atoms with van der Waals surface area (Å²) >= 11 is 4.56. The van der Waals surface area contributed by atoms with Crippen LogP contribution in [0.3, 0.4) is 0 Å². The van der Waals surface area contributed by atoms with E-state index < -0.39 is 0 Å². The van der Waals surface area contributed by atoms with Crippen LogP contribution in [0.2, 0.25) is 0 Å². The third-order valence-corrected chi connectivity index (χ3v) is 21.7. The molecular weight excluding hydrogens is 1380 g/mol. The fraction of sp³-hybridized carbons (Fsp3) is 0.338. The van der Waals surface area contributed by atoms with Crippen molar-refractivity contribution in [3.8, 4) is 33.8 Å². The van der Waals surface area contributed by atoms with Gasteiger partial charge in [-0.05, 0) is 128 Å². The average Bonchev–Trinajstić information content (AvgIpc) is 1.64. The number of aliphatic hydroxyl groups is 1. The third-order valence-electron chi connectivity index (χ3n) is 18.9. The lowest BCUT2D eigenvalue weighted by Crippen LogP contribution is -2.52. The molecule has 0 bridgehead atoms. The van der Waals surface area contributed by atoms with Crippen LogP contribution in [-0.4, -0.2) is 204 Å². The first kappa shape index (κ1) is 68.2. The van der Waals surface area contributed by atoms with E-state index in [4.69, 9.17) is 54.7 Å². The van der Waals surface area contributed by atoms with Crippen molar-refractivity contribution in [3.63, 3.8) is 0 Å². The van der Waals surface area contributed by atoms with E-state index in [1.54, 1.807) is 46.2 Å². The number of nitrogens with one attached hydrogen (secondary N) is 1. The molecule has 5 aliphatic rings. The number of amides is 2. The lowest BCUT2D eigenvalue weighted by Gasteiger charge is -2.35. The van der Waals surface area contributed by atoms with Crippen molar-refractivity contribution in [1.29, 1.82) is 0 Å². The van der Waals surface area contributed by atoms with Gasteiger partial charge in [0.25, 0.3) is 0 Å². The number of halogens is 3. The molecule has 0 unspecified atom stereocenters. The van der Waals surface area contributed by atoms with E-state index in [1.165, 1.54) is 70.4 Å². The molecular formula is C71H74F3N21O5S3. The summed E-state index contributed by atoms with van der Waals surface area (Å²) in [7, 11) is 5.89. The van der Waals surface area contributed by atoms with Crippen LogP contribution in [0.1, 0.15) is 37.9 Å². The van der Waals surface area contributed by atoms with E-state index in [0.717, 1.165) is 150 Å². The molecule has 14 heterocycles. The van der Waals surface area contributed by atoms with Crippen LogP contribution in [0, 0.1) is 17.5 Å². The van der Waals surface area contributed by atoms with E-state index in [-0.39, 0.29) is 54.4 Å². The van der Waals surface area contributed by atoms with Gasteiger partial charge >= 0.3 is 12.2 Å². The van der Waals surface area contributed by atoms with E-state index in [0.29, 0.717) is 59.0 Å². The Kier molecular flexibility index (Phi) is 19.3. The second-order valence-corrected chi connectivity index (χ2v) is 27.9. The standard InChI is InChI=1S/2C24H24FN7O2S.C23H26FN7OS/c2*1-3-18-22(29(2)23-27-19(14-35-23)15-4-6-16(25)7-5-15)32-20(26-18)8-9-21(28-32)30-10-11-31-17(12-30)13-34-24(31)33;1-3-18-22(29(2)23-27-19(14-33-23)15-4-6-16(24)7-5-15)31-20(26-18)8-9-21(28-31)30-11-10-25-17(12-30)13-32/h2*4-9,14,17H,3,10-13H2,1-2H3;4-9,14,17,25,32H,3,10-13H2,1-2H3/t3*17-/m000/s1. The maximum absolute atomic E-state index is 13.3. The molecule has 5 aliphatic heterocycles. The molecule has 3 aromatic carbocycles. The normalized spacial score (nSPS) is 17.3. The number of imidazole rings is 3. The SMILES string of the molecule is CCc1nc2ccc(N3CCN4C(=O)OC[C@@H]4C3)nn2c1N(C)c1nc(-c2ccc(F)cc2)cs1.CCc1nc2ccc(N3CCN4C(=O)OC[C@@H]4C3)nn2c1N(C)c1nc(-c2ccc(F)cc2)cs1.CCc1nc2ccc(N3CCN[C@H](CO)C3)nn2c1N(C)c1nc(-c2ccc(F)cc2)cs1. The Morgan fingerprint density at radius 3 is 1.14 bits per heavy atom. The molecule has 103 heavy (non-hydrogen) atoms. The van der Waals surface area contributed by atoms with Crippen LogP contribution < -0.4 is 34.7 Å². The number of benzene rings is 3. The number of ether oxygens (including phenoxy) is 2. The number of hydrogen-bond acceptors (Lipinski definition) is 24. The van der Waals surface area contributed by atoms with Crippen LogP contribution in [0.4, 0.5) is 73.1 Å². The summed E-state index contributed by atoms with van der Waals surface area (Å²) in [5.41, 5.74) is 10.1. The number of nitrogens with zero attached hydrogens (tertiary/aromatic N) is 20. The van der Waals surface area contributed by atoms with Crippen molar-refractivity contribution < 1.29 is 37.3 Å². The van der Waals surface area contributed by atoms with E-state index >= 15 is 0 Å². The predicted molar refractivity (Wildman–Crippen MR) is 393 cm³/mol. The lowest BCUT2D eigenvalue weighted by molar-refractivity contribution is 0.156. The number of aliphatic hydroxyl groups excluding tert-OH is 1. The summed E-state index contributed by atoms with van der Waals surface area (Å²) in [5.74, 6) is 4.32. The topological polar surface area (TPSA) is 240 Å². The molecule has 26 nitrogen and oxygen atoms in total. The summed E-state index contributed by atoms with van der Waals surface area (Å²) in [5, 5.41) is 36.0. The Bertz CT molecular complexity index is 4840. The molecule has 5 saturated heterocycles. The number of carbonyl (C=O) groups excluding carboxylic acids is 2. The number of hydrogen-bond donors (Lipinski definition) is 2. The van der Waals surface area contributed by atoms with Crippen molar-refractivity contribution in [1.82, 2.24) is 73.9 Å². The van der Waals surface area contributed by atoms with Crippen molar-refractivity contribution in [2.75, 3.05) is 129 Å². The van der Waals surface area contributed by atoms with Gasteiger partial charge in [0.15, 0.2) is 49.8 Å². The van der Waals surface area contributed by atoms with Gasteiger partial charge in [0.2, 0.25) is 0 Å². The highest BCUT2D eigenvalue weighted by atomic mass is 32.1. The van der Waals surface area contributed by atoms with E-state index in [2.05, 4.69) is 40.8 Å². The van der Waals surface area contributed by atoms with Crippen molar-refractivity contribution in [2.45, 2.75) is 58.2 Å². The number of anilines is 9. The van der Waals surface area contributed by atoms with Crippen LogP contribution in [0.15, 0.2) is 125 Å². The molecule has 9 aromatic heterocycles. The third kappa shape index (κ3) is 13.7. The number of piperazine rings is 3. The minimum atomic E-state index is -0.269. The Hall–Kier alpha value is -10.5. The molecule has 12 aromatic rings. The Labute approximate surface area is 602 Å². The van der Waals surface area contributed by atoms with Crippen LogP contribution in [0.25, 0.3) is 50.7 Å². The second-order valence-electron chi connectivity index (χ2n) is 25.4. The van der Waals surface area contributed by atoms with Gasteiger partial charge in [-0.1, -0.05) is 20.8 Å². The number of thiazole rings is 3. The molecule has 2 N–H and O–H groups in total. The molecule has 0 saturated carbocycles. The first-order valence-corrected chi connectivity index (χ1v) is 36.7. The molecule has 5 fully saturated rings. The maximum atomic E-state index is 13.3. The first-order chi connectivity index (χ1) is 50.1. The molecule has 17 rings (SSSR count). The summed E-state index contributed by atoms with van der Waals surface area (Å²) < 4.78 is 56.0. The van der Waals surface area contributed by atoms with Gasteiger partial charge in [-0.3, -0.25) is 9.80 Å². The molecule has 3 atom stereocenters. The van der Waals surface area contributed by atoms with E-state index in [9.17, 15) is 27.9 Å². The maximum Gasteiger partial charge on any atom is 0.410 e. The molecule has 0 radical (unpaired) electrons. The predicted octanol–water partition coefficient (Wildman–Crippen LogP) is 11.0. The average molecular weight is 1450 g/mol. The van der Waals surface area contributed by atoms with Gasteiger partial charge in [0, 0.05) is 119 Å². The zero-order valence-corrected chi connectivity index (χ0v) is 59.8.